The van der Waals surface area contributed by atoms with Crippen molar-refractivity contribution in [3.8, 4) is 0 Å². The van der Waals surface area contributed by atoms with E-state index in [0.717, 1.165) is 0 Å². The molecule has 90 valence electrons. The number of hydrogen-bond acceptors (Lipinski definition) is 4. The minimum Gasteiger partial charge on any atom is -0.366 e. The highest BCUT2D eigenvalue weighted by molar-refractivity contribution is 6.01. The maximum atomic E-state index is 11.3. The van der Waals surface area contributed by atoms with E-state index in [-0.39, 0.29) is 16.7 Å². The normalized spacial score (nSPS) is 10.9. The van der Waals surface area contributed by atoms with Gasteiger partial charge in [0.25, 0.3) is 0 Å². The van der Waals surface area contributed by atoms with Crippen molar-refractivity contribution in [2.45, 2.75) is 5.66 Å². The van der Waals surface area contributed by atoms with Crippen LogP contribution in [0.15, 0.2) is 30.9 Å². The predicted octanol–water partition coefficient (Wildman–Crippen LogP) is -0.859. The van der Waals surface area contributed by atoms with Gasteiger partial charge in [0.2, 0.25) is 11.8 Å². The van der Waals surface area contributed by atoms with Crippen LogP contribution in [0.1, 0.15) is 26.3 Å². The zero-order chi connectivity index (χ0) is 13.2. The first-order chi connectivity index (χ1) is 7.81. The Kier molecular flexibility index (Phi) is 3.31. The number of carbonyl (C=O) groups excluding carboxylic acids is 2. The molecule has 0 aliphatic rings. The third kappa shape index (κ3) is 2.32. The minimum absolute atomic E-state index is 0.0474. The van der Waals surface area contributed by atoms with E-state index in [1.165, 1.54) is 24.3 Å². The molecule has 6 nitrogen and oxygen atoms in total. The monoisotopic (exact) mass is 234 g/mol. The first-order valence-corrected chi connectivity index (χ1v) is 4.75. The molecule has 0 aromatic heterocycles. The maximum absolute atomic E-state index is 11.3. The Morgan fingerprint density at radius 3 is 1.82 bits per heavy atom. The number of hydrogen-bond donors (Lipinski definition) is 4. The van der Waals surface area contributed by atoms with Crippen molar-refractivity contribution in [1.29, 1.82) is 0 Å². The van der Waals surface area contributed by atoms with Gasteiger partial charge in [-0.3, -0.25) is 9.59 Å². The second-order valence-electron chi connectivity index (χ2n) is 3.59. The highest BCUT2D eigenvalue weighted by atomic mass is 16.1. The summed E-state index contributed by atoms with van der Waals surface area (Å²) in [6.45, 7) is 3.46. The van der Waals surface area contributed by atoms with Crippen LogP contribution >= 0.6 is 0 Å². The van der Waals surface area contributed by atoms with Gasteiger partial charge < -0.3 is 22.9 Å². The summed E-state index contributed by atoms with van der Waals surface area (Å²) in [5.41, 5.74) is 20.5. The molecular weight excluding hydrogens is 220 g/mol. The fourth-order valence-corrected chi connectivity index (χ4v) is 1.53. The molecule has 1 aromatic rings. The number of amides is 2. The Balaban J connectivity index is 3.67. The summed E-state index contributed by atoms with van der Waals surface area (Å²) in [5, 5.41) is 0. The van der Waals surface area contributed by atoms with Crippen molar-refractivity contribution in [3.05, 3.63) is 47.5 Å². The molecular formula is C11H14N4O2. The molecule has 0 fully saturated rings. The van der Waals surface area contributed by atoms with Crippen LogP contribution in [-0.2, 0) is 5.66 Å². The van der Waals surface area contributed by atoms with Gasteiger partial charge >= 0.3 is 0 Å². The van der Waals surface area contributed by atoms with Crippen molar-refractivity contribution in [2.24, 2.45) is 22.9 Å². The summed E-state index contributed by atoms with van der Waals surface area (Å²) in [5.74, 6) is -1.49. The van der Waals surface area contributed by atoms with E-state index in [1.54, 1.807) is 0 Å². The quantitative estimate of drug-likeness (QED) is 0.397. The van der Waals surface area contributed by atoms with Crippen LogP contribution in [0.2, 0.25) is 0 Å². The van der Waals surface area contributed by atoms with Gasteiger partial charge in [-0.1, -0.05) is 18.7 Å². The van der Waals surface area contributed by atoms with Crippen LogP contribution in [0, 0.1) is 0 Å². The largest absolute Gasteiger partial charge is 0.366 e. The molecule has 0 aliphatic heterocycles. The number of rotatable bonds is 4. The van der Waals surface area contributed by atoms with E-state index in [2.05, 4.69) is 6.58 Å². The molecule has 17 heavy (non-hydrogen) atoms. The topological polar surface area (TPSA) is 138 Å². The Morgan fingerprint density at radius 1 is 1.12 bits per heavy atom. The van der Waals surface area contributed by atoms with E-state index in [1.807, 2.05) is 0 Å². The zero-order valence-electron chi connectivity index (χ0n) is 9.14. The molecule has 1 rings (SSSR count). The van der Waals surface area contributed by atoms with Crippen molar-refractivity contribution >= 4 is 11.8 Å². The second-order valence-corrected chi connectivity index (χ2v) is 3.59. The maximum Gasteiger partial charge on any atom is 0.249 e. The molecule has 1 aromatic carbocycles. The van der Waals surface area contributed by atoms with Gasteiger partial charge in [-0.15, -0.1) is 0 Å². The van der Waals surface area contributed by atoms with Gasteiger partial charge in [0.1, 0.15) is 5.66 Å². The Hall–Kier alpha value is -2.18. The van der Waals surface area contributed by atoms with Gasteiger partial charge in [-0.05, 0) is 12.1 Å². The molecule has 0 bridgehead atoms. The molecule has 0 heterocycles. The fraction of sp³-hybridized carbons (Fsp3) is 0.0909. The smallest absolute Gasteiger partial charge is 0.249 e. The molecule has 2 amide bonds. The second kappa shape index (κ2) is 4.36. The van der Waals surface area contributed by atoms with Crippen LogP contribution in [0.25, 0.3) is 0 Å². The third-order valence-electron chi connectivity index (χ3n) is 2.37. The van der Waals surface area contributed by atoms with Gasteiger partial charge in [-0.2, -0.15) is 0 Å². The van der Waals surface area contributed by atoms with Gasteiger partial charge in [0.05, 0.1) is 0 Å². The summed E-state index contributed by atoms with van der Waals surface area (Å²) in [7, 11) is 0. The average molecular weight is 234 g/mol. The molecule has 6 heteroatoms. The summed E-state index contributed by atoms with van der Waals surface area (Å²) < 4.78 is 0. The van der Waals surface area contributed by atoms with Gasteiger partial charge in [-0.25, -0.2) is 0 Å². The lowest BCUT2D eigenvalue weighted by Crippen LogP contribution is -2.47. The van der Waals surface area contributed by atoms with E-state index in [4.69, 9.17) is 22.9 Å². The van der Waals surface area contributed by atoms with Crippen LogP contribution in [0.5, 0.6) is 0 Å². The first kappa shape index (κ1) is 12.9. The molecule has 0 aliphatic carbocycles. The molecule has 0 spiro atoms. The third-order valence-corrected chi connectivity index (χ3v) is 2.37. The minimum atomic E-state index is -1.56. The van der Waals surface area contributed by atoms with Crippen molar-refractivity contribution < 1.29 is 9.59 Å². The first-order valence-electron chi connectivity index (χ1n) is 4.75. The van der Waals surface area contributed by atoms with Crippen LogP contribution in [0.4, 0.5) is 0 Å². The van der Waals surface area contributed by atoms with E-state index < -0.39 is 17.5 Å². The van der Waals surface area contributed by atoms with E-state index in [9.17, 15) is 9.59 Å². The van der Waals surface area contributed by atoms with Gasteiger partial charge in [0, 0.05) is 16.7 Å². The summed E-state index contributed by atoms with van der Waals surface area (Å²) in [6.07, 6.45) is 1.21. The van der Waals surface area contributed by atoms with Gasteiger partial charge in [0.15, 0.2) is 0 Å². The number of nitrogens with two attached hydrogens (primary N) is 4. The van der Waals surface area contributed by atoms with Crippen LogP contribution in [0.3, 0.4) is 0 Å². The zero-order valence-corrected chi connectivity index (χ0v) is 9.14. The van der Waals surface area contributed by atoms with Crippen molar-refractivity contribution in [1.82, 2.24) is 0 Å². The highest BCUT2D eigenvalue weighted by Gasteiger charge is 2.28. The summed E-state index contributed by atoms with van der Waals surface area (Å²) in [4.78, 5) is 22.6. The highest BCUT2D eigenvalue weighted by Crippen LogP contribution is 2.23. The number of benzene rings is 1. The van der Waals surface area contributed by atoms with Crippen LogP contribution in [-0.4, -0.2) is 11.8 Å². The molecule has 0 saturated carbocycles. The van der Waals surface area contributed by atoms with E-state index in [0.29, 0.717) is 0 Å². The fourth-order valence-electron chi connectivity index (χ4n) is 1.53. The lowest BCUT2D eigenvalue weighted by molar-refractivity contribution is 0.0997. The number of carbonyl (C=O) groups is 2. The molecule has 0 radical (unpaired) electrons. The van der Waals surface area contributed by atoms with Crippen molar-refractivity contribution in [2.75, 3.05) is 0 Å². The number of primary amides is 2. The average Bonchev–Trinajstić information content (AvgIpc) is 2.27. The van der Waals surface area contributed by atoms with Crippen molar-refractivity contribution in [3.63, 3.8) is 0 Å². The Labute approximate surface area is 98.2 Å². The molecule has 0 saturated heterocycles. The SMILES string of the molecule is C=CC(N)(N)c1c(C(N)=O)cccc1C(N)=O. The van der Waals surface area contributed by atoms with E-state index >= 15 is 0 Å². The predicted molar refractivity (Wildman–Crippen MR) is 63.7 cm³/mol. The molecule has 8 N–H and O–H groups in total. The molecule has 0 atom stereocenters. The summed E-state index contributed by atoms with van der Waals surface area (Å²) in [6, 6.07) is 4.31. The Bertz CT molecular complexity index is 462. The lowest BCUT2D eigenvalue weighted by Gasteiger charge is -2.24. The van der Waals surface area contributed by atoms with Crippen LogP contribution < -0.4 is 22.9 Å². The summed E-state index contributed by atoms with van der Waals surface area (Å²) >= 11 is 0. The Morgan fingerprint density at radius 2 is 1.53 bits per heavy atom. The standard InChI is InChI=1S/C11H14N4O2/c1-2-11(14,15)8-6(9(12)16)4-3-5-7(8)10(13)17/h2-5H,1,14-15H2,(H2,12,16)(H2,13,17). The molecule has 0 unspecified atom stereocenters. The lowest BCUT2D eigenvalue weighted by atomic mass is 9.90.